The van der Waals surface area contributed by atoms with E-state index in [1.165, 1.54) is 6.42 Å². The van der Waals surface area contributed by atoms with E-state index >= 15 is 0 Å². The van der Waals surface area contributed by atoms with E-state index in [1.807, 2.05) is 11.8 Å². The van der Waals surface area contributed by atoms with Crippen LogP contribution >= 0.6 is 11.8 Å². The largest absolute Gasteiger partial charge is 0.396 e. The Kier molecular flexibility index (Phi) is 3.22. The van der Waals surface area contributed by atoms with Gasteiger partial charge in [-0.25, -0.2) is 0 Å². The van der Waals surface area contributed by atoms with Crippen LogP contribution in [0.1, 0.15) is 19.8 Å². The number of aliphatic hydroxyl groups excluding tert-OH is 1. The first-order valence-electron chi connectivity index (χ1n) is 4.15. The van der Waals surface area contributed by atoms with E-state index in [0.717, 1.165) is 24.0 Å². The van der Waals surface area contributed by atoms with Gasteiger partial charge in [-0.15, -0.1) is 0 Å². The molecule has 2 atom stereocenters. The highest BCUT2D eigenvalue weighted by Gasteiger charge is 2.35. The monoisotopic (exact) mass is 175 g/mol. The predicted octanol–water partition coefficient (Wildman–Crippen LogP) is 0.839. The Morgan fingerprint density at radius 2 is 2.45 bits per heavy atom. The van der Waals surface area contributed by atoms with Crippen molar-refractivity contribution in [2.45, 2.75) is 25.0 Å². The van der Waals surface area contributed by atoms with Gasteiger partial charge in [-0.1, -0.05) is 6.92 Å². The molecule has 0 radical (unpaired) electrons. The molecule has 0 saturated carbocycles. The maximum absolute atomic E-state index is 8.84. The number of thioether (sulfide) groups is 1. The van der Waals surface area contributed by atoms with Gasteiger partial charge in [0.15, 0.2) is 0 Å². The molecule has 3 heteroatoms. The summed E-state index contributed by atoms with van der Waals surface area (Å²) in [5, 5.41) is 9.57. The van der Waals surface area contributed by atoms with Crippen molar-refractivity contribution in [2.24, 2.45) is 11.1 Å². The van der Waals surface area contributed by atoms with Crippen LogP contribution < -0.4 is 5.73 Å². The lowest BCUT2D eigenvalue weighted by molar-refractivity contribution is 0.203. The topological polar surface area (TPSA) is 46.2 Å². The lowest BCUT2D eigenvalue weighted by atomic mass is 9.83. The van der Waals surface area contributed by atoms with Gasteiger partial charge in [0, 0.05) is 17.6 Å². The van der Waals surface area contributed by atoms with Crippen LogP contribution in [-0.2, 0) is 0 Å². The molecule has 2 nitrogen and oxygen atoms in total. The van der Waals surface area contributed by atoms with Gasteiger partial charge in [0.25, 0.3) is 0 Å². The summed E-state index contributed by atoms with van der Waals surface area (Å²) in [5.74, 6) is 1.13. The zero-order valence-electron chi connectivity index (χ0n) is 7.05. The first-order valence-corrected chi connectivity index (χ1v) is 5.20. The van der Waals surface area contributed by atoms with Gasteiger partial charge < -0.3 is 10.8 Å². The Hall–Kier alpha value is 0.270. The van der Waals surface area contributed by atoms with Crippen molar-refractivity contribution in [3.05, 3.63) is 0 Å². The van der Waals surface area contributed by atoms with Crippen molar-refractivity contribution < 1.29 is 5.11 Å². The molecule has 0 aromatic rings. The van der Waals surface area contributed by atoms with Crippen molar-refractivity contribution in [3.8, 4) is 0 Å². The molecular formula is C8H17NOS. The Balaban J connectivity index is 2.48. The lowest BCUT2D eigenvalue weighted by Gasteiger charge is -2.25. The molecule has 1 fully saturated rings. The molecule has 11 heavy (non-hydrogen) atoms. The second-order valence-corrected chi connectivity index (χ2v) is 4.93. The zero-order valence-corrected chi connectivity index (χ0v) is 7.86. The van der Waals surface area contributed by atoms with Crippen LogP contribution in [0, 0.1) is 5.41 Å². The highest BCUT2D eigenvalue weighted by molar-refractivity contribution is 8.00. The van der Waals surface area contributed by atoms with Crippen molar-refractivity contribution in [1.29, 1.82) is 0 Å². The fourth-order valence-corrected chi connectivity index (χ4v) is 3.19. The quantitative estimate of drug-likeness (QED) is 0.668. The highest BCUT2D eigenvalue weighted by Crippen LogP contribution is 2.42. The molecule has 0 bridgehead atoms. The second kappa shape index (κ2) is 3.78. The molecule has 3 N–H and O–H groups in total. The molecule has 66 valence electrons. The second-order valence-electron chi connectivity index (χ2n) is 3.50. The Morgan fingerprint density at radius 1 is 1.73 bits per heavy atom. The molecule has 1 aliphatic heterocycles. The van der Waals surface area contributed by atoms with Crippen LogP contribution in [-0.4, -0.2) is 29.3 Å². The van der Waals surface area contributed by atoms with Gasteiger partial charge in [-0.05, 0) is 24.8 Å². The minimum atomic E-state index is 0.249. The van der Waals surface area contributed by atoms with Crippen molar-refractivity contribution in [3.63, 3.8) is 0 Å². The molecule has 1 rings (SSSR count). The van der Waals surface area contributed by atoms with E-state index in [-0.39, 0.29) is 12.0 Å². The van der Waals surface area contributed by atoms with Gasteiger partial charge in [-0.2, -0.15) is 11.8 Å². The van der Waals surface area contributed by atoms with Crippen LogP contribution in [0.4, 0.5) is 0 Å². The standard InChI is InChI=1S/C8H17NOS/c1-7-4-8(5-9,2-3-10)6-11-7/h7,10H,2-6,9H2,1H3. The van der Waals surface area contributed by atoms with E-state index in [4.69, 9.17) is 10.8 Å². The molecule has 0 aromatic carbocycles. The van der Waals surface area contributed by atoms with E-state index < -0.39 is 0 Å². The third kappa shape index (κ3) is 2.10. The maximum atomic E-state index is 8.84. The van der Waals surface area contributed by atoms with E-state index in [9.17, 15) is 0 Å². The zero-order chi connectivity index (χ0) is 8.32. The fraction of sp³-hybridized carbons (Fsp3) is 1.00. The number of rotatable bonds is 3. The fourth-order valence-electron chi connectivity index (χ4n) is 1.70. The van der Waals surface area contributed by atoms with E-state index in [1.54, 1.807) is 0 Å². The summed E-state index contributed by atoms with van der Waals surface area (Å²) < 4.78 is 0. The van der Waals surface area contributed by atoms with Gasteiger partial charge in [0.1, 0.15) is 0 Å². The normalized spacial score (nSPS) is 37.9. The van der Waals surface area contributed by atoms with Crippen molar-refractivity contribution >= 4 is 11.8 Å². The van der Waals surface area contributed by atoms with Crippen molar-refractivity contribution in [1.82, 2.24) is 0 Å². The number of aliphatic hydroxyl groups is 1. The van der Waals surface area contributed by atoms with Crippen molar-refractivity contribution in [2.75, 3.05) is 18.9 Å². The SMILES string of the molecule is CC1CC(CN)(CCO)CS1. The van der Waals surface area contributed by atoms with Crippen LogP contribution in [0.3, 0.4) is 0 Å². The Morgan fingerprint density at radius 3 is 2.82 bits per heavy atom. The summed E-state index contributed by atoms with van der Waals surface area (Å²) in [7, 11) is 0. The third-order valence-corrected chi connectivity index (χ3v) is 3.98. The summed E-state index contributed by atoms with van der Waals surface area (Å²) >= 11 is 1.98. The van der Waals surface area contributed by atoms with Gasteiger partial charge in [0.05, 0.1) is 0 Å². The lowest BCUT2D eigenvalue weighted by Crippen LogP contribution is -2.31. The minimum Gasteiger partial charge on any atom is -0.396 e. The average molecular weight is 175 g/mol. The summed E-state index contributed by atoms with van der Waals surface area (Å²) in [6.45, 7) is 3.24. The Labute approximate surface area is 72.5 Å². The predicted molar refractivity (Wildman–Crippen MR) is 49.7 cm³/mol. The summed E-state index contributed by atoms with van der Waals surface area (Å²) in [6.07, 6.45) is 2.05. The third-order valence-electron chi connectivity index (χ3n) is 2.47. The van der Waals surface area contributed by atoms with Crippen LogP contribution in [0.5, 0.6) is 0 Å². The maximum Gasteiger partial charge on any atom is 0.0437 e. The van der Waals surface area contributed by atoms with Crippen LogP contribution in [0.25, 0.3) is 0 Å². The van der Waals surface area contributed by atoms with E-state index in [0.29, 0.717) is 0 Å². The molecule has 1 aliphatic rings. The molecule has 0 aromatic heterocycles. The van der Waals surface area contributed by atoms with Gasteiger partial charge >= 0.3 is 0 Å². The minimum absolute atomic E-state index is 0.249. The Bertz CT molecular complexity index is 127. The molecule has 0 spiro atoms. The van der Waals surface area contributed by atoms with Gasteiger partial charge in [-0.3, -0.25) is 0 Å². The average Bonchev–Trinajstić information content (AvgIpc) is 2.34. The smallest absolute Gasteiger partial charge is 0.0437 e. The molecule has 0 amide bonds. The summed E-state index contributed by atoms with van der Waals surface area (Å²) in [6, 6.07) is 0. The molecule has 0 aliphatic carbocycles. The summed E-state index contributed by atoms with van der Waals surface area (Å²) in [4.78, 5) is 0. The van der Waals surface area contributed by atoms with E-state index in [2.05, 4.69) is 6.92 Å². The number of nitrogens with two attached hydrogens (primary N) is 1. The number of hydrogen-bond acceptors (Lipinski definition) is 3. The molecular weight excluding hydrogens is 158 g/mol. The first kappa shape index (κ1) is 9.36. The summed E-state index contributed by atoms with van der Waals surface area (Å²) in [5.41, 5.74) is 5.94. The first-order chi connectivity index (χ1) is 5.22. The van der Waals surface area contributed by atoms with Gasteiger partial charge in [0.2, 0.25) is 0 Å². The van der Waals surface area contributed by atoms with Crippen LogP contribution in [0.15, 0.2) is 0 Å². The van der Waals surface area contributed by atoms with Crippen LogP contribution in [0.2, 0.25) is 0 Å². The highest BCUT2D eigenvalue weighted by atomic mass is 32.2. The number of hydrogen-bond donors (Lipinski definition) is 2. The molecule has 1 heterocycles. The molecule has 1 saturated heterocycles. The molecule has 2 unspecified atom stereocenters.